The molecule has 0 spiro atoms. The Labute approximate surface area is 223 Å². The van der Waals surface area contributed by atoms with Crippen LogP contribution in [0.5, 0.6) is 5.75 Å². The molecule has 0 fully saturated rings. The van der Waals surface area contributed by atoms with Crippen molar-refractivity contribution in [2.45, 2.75) is 58.7 Å². The van der Waals surface area contributed by atoms with Crippen LogP contribution in [-0.4, -0.2) is 56.6 Å². The van der Waals surface area contributed by atoms with Crippen LogP contribution in [0, 0.1) is 0 Å². The van der Waals surface area contributed by atoms with Gasteiger partial charge in [-0.3, -0.25) is 13.9 Å². The highest BCUT2D eigenvalue weighted by molar-refractivity contribution is 9.10. The summed E-state index contributed by atoms with van der Waals surface area (Å²) in [6.07, 6.45) is 1.50. The Kier molecular flexibility index (Phi) is 10.4. The second-order valence-corrected chi connectivity index (χ2v) is 12.5. The molecule has 0 radical (unpaired) electrons. The number of carbonyl (C=O) groups excluding carboxylic acids is 2. The van der Waals surface area contributed by atoms with Gasteiger partial charge in [0.25, 0.3) is 0 Å². The van der Waals surface area contributed by atoms with Gasteiger partial charge in [0.1, 0.15) is 11.8 Å². The number of carbonyl (C=O) groups is 2. The van der Waals surface area contributed by atoms with Crippen molar-refractivity contribution in [2.24, 2.45) is 0 Å². The Morgan fingerprint density at radius 2 is 1.75 bits per heavy atom. The van der Waals surface area contributed by atoms with Crippen LogP contribution in [0.4, 0.5) is 5.69 Å². The Balaban J connectivity index is 2.19. The van der Waals surface area contributed by atoms with Crippen molar-refractivity contribution in [1.82, 2.24) is 10.2 Å². The monoisotopic (exact) mass is 581 g/mol. The lowest BCUT2D eigenvalue weighted by molar-refractivity contribution is -0.141. The van der Waals surface area contributed by atoms with E-state index >= 15 is 0 Å². The zero-order valence-corrected chi connectivity index (χ0v) is 24.1. The lowest BCUT2D eigenvalue weighted by atomic mass is 10.1. The van der Waals surface area contributed by atoms with Gasteiger partial charge in [-0.2, -0.15) is 0 Å². The predicted molar refractivity (Wildman–Crippen MR) is 146 cm³/mol. The van der Waals surface area contributed by atoms with Gasteiger partial charge in [0.05, 0.1) is 19.1 Å². The molecule has 10 heteroatoms. The van der Waals surface area contributed by atoms with Crippen LogP contribution in [0.15, 0.2) is 53.0 Å². The Bertz CT molecular complexity index is 1150. The van der Waals surface area contributed by atoms with Crippen molar-refractivity contribution < 1.29 is 22.7 Å². The van der Waals surface area contributed by atoms with Crippen LogP contribution in [0.2, 0.25) is 0 Å². The zero-order valence-electron chi connectivity index (χ0n) is 21.7. The maximum absolute atomic E-state index is 13.3. The summed E-state index contributed by atoms with van der Waals surface area (Å²) in [6.45, 7) is 7.74. The third-order valence-electron chi connectivity index (χ3n) is 5.43. The first-order valence-corrected chi connectivity index (χ1v) is 14.3. The van der Waals surface area contributed by atoms with Crippen molar-refractivity contribution in [2.75, 3.05) is 24.2 Å². The third-order valence-corrected chi connectivity index (χ3v) is 7.15. The number of halogens is 1. The fourth-order valence-electron chi connectivity index (χ4n) is 3.61. The number of amides is 2. The van der Waals surface area contributed by atoms with Crippen LogP contribution in [0.3, 0.4) is 0 Å². The minimum Gasteiger partial charge on any atom is -0.497 e. The molecule has 0 saturated heterocycles. The summed E-state index contributed by atoms with van der Waals surface area (Å²) in [5, 5.41) is 2.94. The third kappa shape index (κ3) is 9.13. The minimum atomic E-state index is -3.58. The zero-order chi connectivity index (χ0) is 27.1. The van der Waals surface area contributed by atoms with Gasteiger partial charge in [0, 0.05) is 35.6 Å². The fourth-order valence-corrected chi connectivity index (χ4v) is 4.83. The van der Waals surface area contributed by atoms with Gasteiger partial charge in [-0.1, -0.05) is 34.1 Å². The van der Waals surface area contributed by atoms with E-state index in [1.54, 1.807) is 36.1 Å². The number of ether oxygens (including phenoxy) is 1. The second-order valence-electron chi connectivity index (χ2n) is 9.70. The van der Waals surface area contributed by atoms with E-state index in [4.69, 9.17) is 4.74 Å². The highest BCUT2D eigenvalue weighted by Gasteiger charge is 2.28. The number of anilines is 1. The van der Waals surface area contributed by atoms with Gasteiger partial charge in [0.15, 0.2) is 0 Å². The van der Waals surface area contributed by atoms with Crippen LogP contribution in [-0.2, 0) is 26.2 Å². The normalized spacial score (nSPS) is 12.5. The average Bonchev–Trinajstić information content (AvgIpc) is 2.79. The highest BCUT2D eigenvalue weighted by Crippen LogP contribution is 2.24. The number of hydrogen-bond acceptors (Lipinski definition) is 5. The van der Waals surface area contributed by atoms with Crippen LogP contribution >= 0.6 is 15.9 Å². The molecule has 198 valence electrons. The van der Waals surface area contributed by atoms with E-state index in [1.807, 2.05) is 45.0 Å². The molecular weight excluding hydrogens is 546 g/mol. The van der Waals surface area contributed by atoms with Crippen molar-refractivity contribution in [3.63, 3.8) is 0 Å². The average molecular weight is 583 g/mol. The first-order valence-electron chi connectivity index (χ1n) is 11.7. The largest absolute Gasteiger partial charge is 0.497 e. The quantitative estimate of drug-likeness (QED) is 0.426. The van der Waals surface area contributed by atoms with Gasteiger partial charge < -0.3 is 15.0 Å². The van der Waals surface area contributed by atoms with Gasteiger partial charge in [-0.25, -0.2) is 8.42 Å². The molecule has 0 bridgehead atoms. The van der Waals surface area contributed by atoms with Gasteiger partial charge in [-0.05, 0) is 63.9 Å². The number of rotatable bonds is 11. The van der Waals surface area contributed by atoms with E-state index in [2.05, 4.69) is 21.2 Å². The van der Waals surface area contributed by atoms with Gasteiger partial charge in [0.2, 0.25) is 21.8 Å². The standard InChI is InChI=1S/C26H36BrN3O5S/c1-19(25(32)28-26(2,3)4)29(18-20-12-14-21(27)15-13-20)24(31)11-8-16-30(36(6,33)34)22-9-7-10-23(17-22)35-5/h7,9-10,12-15,17,19H,8,11,16,18H2,1-6H3,(H,28,32)/t19-/m1/s1. The Morgan fingerprint density at radius 1 is 1.11 bits per heavy atom. The number of nitrogens with one attached hydrogen (secondary N) is 1. The highest BCUT2D eigenvalue weighted by atomic mass is 79.9. The van der Waals surface area contributed by atoms with E-state index in [9.17, 15) is 18.0 Å². The predicted octanol–water partition coefficient (Wildman–Crippen LogP) is 4.34. The van der Waals surface area contributed by atoms with Crippen molar-refractivity contribution in [3.05, 3.63) is 58.6 Å². The van der Waals surface area contributed by atoms with E-state index < -0.39 is 21.6 Å². The molecule has 2 amide bonds. The molecule has 1 atom stereocenters. The molecule has 2 rings (SSSR count). The summed E-state index contributed by atoms with van der Waals surface area (Å²) in [5.41, 5.74) is 0.912. The molecular formula is C26H36BrN3O5S. The summed E-state index contributed by atoms with van der Waals surface area (Å²) in [4.78, 5) is 27.8. The molecule has 0 aromatic heterocycles. The van der Waals surface area contributed by atoms with Crippen molar-refractivity contribution >= 4 is 43.5 Å². The van der Waals surface area contributed by atoms with Crippen LogP contribution in [0.1, 0.15) is 46.1 Å². The molecule has 0 saturated carbocycles. The minimum absolute atomic E-state index is 0.0830. The molecule has 2 aromatic rings. The van der Waals surface area contributed by atoms with Gasteiger partial charge in [-0.15, -0.1) is 0 Å². The topological polar surface area (TPSA) is 96.0 Å². The maximum Gasteiger partial charge on any atom is 0.242 e. The molecule has 0 heterocycles. The Hall–Kier alpha value is -2.59. The molecule has 0 aliphatic carbocycles. The first kappa shape index (κ1) is 29.6. The summed E-state index contributed by atoms with van der Waals surface area (Å²) >= 11 is 3.41. The number of nitrogens with zero attached hydrogens (tertiary/aromatic N) is 2. The molecule has 2 aromatic carbocycles. The lowest BCUT2D eigenvalue weighted by Gasteiger charge is -2.32. The van der Waals surface area contributed by atoms with E-state index in [1.165, 1.54) is 11.4 Å². The fraction of sp³-hybridized carbons (Fsp3) is 0.462. The second kappa shape index (κ2) is 12.6. The number of methoxy groups -OCH3 is 1. The number of benzene rings is 2. The Morgan fingerprint density at radius 3 is 2.31 bits per heavy atom. The molecule has 8 nitrogen and oxygen atoms in total. The first-order chi connectivity index (χ1) is 16.7. The number of hydrogen-bond donors (Lipinski definition) is 1. The van der Waals surface area contributed by atoms with E-state index in [0.717, 1.165) is 16.3 Å². The molecule has 1 N–H and O–H groups in total. The van der Waals surface area contributed by atoms with Crippen LogP contribution in [0.25, 0.3) is 0 Å². The lowest BCUT2D eigenvalue weighted by Crippen LogP contribution is -2.52. The summed E-state index contributed by atoms with van der Waals surface area (Å²) < 4.78 is 32.3. The summed E-state index contributed by atoms with van der Waals surface area (Å²) in [7, 11) is -2.07. The molecule has 0 aliphatic rings. The van der Waals surface area contributed by atoms with E-state index in [-0.39, 0.29) is 37.7 Å². The van der Waals surface area contributed by atoms with Gasteiger partial charge >= 0.3 is 0 Å². The molecule has 36 heavy (non-hydrogen) atoms. The SMILES string of the molecule is COc1cccc(N(CCCC(=O)N(Cc2ccc(Br)cc2)[C@H](C)C(=O)NC(C)(C)C)S(C)(=O)=O)c1. The molecule has 0 unspecified atom stereocenters. The van der Waals surface area contributed by atoms with E-state index in [0.29, 0.717) is 11.4 Å². The molecule has 0 aliphatic heterocycles. The smallest absolute Gasteiger partial charge is 0.242 e. The van der Waals surface area contributed by atoms with Crippen molar-refractivity contribution in [3.8, 4) is 5.75 Å². The summed E-state index contributed by atoms with van der Waals surface area (Å²) in [6, 6.07) is 13.6. The van der Waals surface area contributed by atoms with Crippen molar-refractivity contribution in [1.29, 1.82) is 0 Å². The maximum atomic E-state index is 13.3. The summed E-state index contributed by atoms with van der Waals surface area (Å²) in [5.74, 6) is 0.0623. The van der Waals surface area contributed by atoms with Crippen LogP contribution < -0.4 is 14.4 Å². The number of sulfonamides is 1.